The highest BCUT2D eigenvalue weighted by molar-refractivity contribution is 7.89. The minimum Gasteiger partial charge on any atom is -0.495 e. The molecule has 0 fully saturated rings. The van der Waals surface area contributed by atoms with E-state index in [2.05, 4.69) is 11.4 Å². The fourth-order valence-electron chi connectivity index (χ4n) is 1.58. The van der Waals surface area contributed by atoms with Crippen LogP contribution in [0, 0.1) is 11.3 Å². The summed E-state index contributed by atoms with van der Waals surface area (Å²) in [5.74, 6) is 0.506. The van der Waals surface area contributed by atoms with Crippen LogP contribution in [0.4, 0.5) is 0 Å². The molecule has 1 aromatic rings. The van der Waals surface area contributed by atoms with E-state index in [1.165, 1.54) is 7.11 Å². The van der Waals surface area contributed by atoms with Crippen LogP contribution in [0.3, 0.4) is 0 Å². The number of rotatable bonds is 7. The van der Waals surface area contributed by atoms with Crippen LogP contribution in [0.5, 0.6) is 5.75 Å². The van der Waals surface area contributed by atoms with E-state index < -0.39 is 10.0 Å². The van der Waals surface area contributed by atoms with Crippen molar-refractivity contribution in [2.45, 2.75) is 13.0 Å². The SMILES string of the molecule is COc1ccc(CNCCCS(N)(=O)=O)cc1C#N. The number of ether oxygens (including phenoxy) is 1. The second-order valence-electron chi connectivity index (χ2n) is 4.04. The van der Waals surface area contributed by atoms with Crippen LogP contribution in [-0.4, -0.2) is 27.8 Å². The lowest BCUT2D eigenvalue weighted by molar-refractivity contribution is 0.413. The average molecular weight is 283 g/mol. The molecule has 0 saturated carbocycles. The van der Waals surface area contributed by atoms with E-state index in [0.29, 0.717) is 30.8 Å². The first-order chi connectivity index (χ1) is 8.96. The summed E-state index contributed by atoms with van der Waals surface area (Å²) in [5, 5.41) is 16.9. The highest BCUT2D eigenvalue weighted by Gasteiger charge is 2.04. The second kappa shape index (κ2) is 7.09. The number of nitrogens with two attached hydrogens (primary N) is 1. The van der Waals surface area contributed by atoms with Crippen LogP contribution in [0.15, 0.2) is 18.2 Å². The van der Waals surface area contributed by atoms with Crippen molar-refractivity contribution < 1.29 is 13.2 Å². The van der Waals surface area contributed by atoms with E-state index in [9.17, 15) is 8.42 Å². The summed E-state index contributed by atoms with van der Waals surface area (Å²) in [7, 11) is -1.87. The second-order valence-corrected chi connectivity index (χ2v) is 5.78. The molecule has 1 rings (SSSR count). The fourth-order valence-corrected chi connectivity index (χ4v) is 2.13. The van der Waals surface area contributed by atoms with Crippen LogP contribution < -0.4 is 15.2 Å². The fraction of sp³-hybridized carbons (Fsp3) is 0.417. The molecule has 0 aliphatic carbocycles. The topological polar surface area (TPSA) is 105 Å². The number of nitrogens with one attached hydrogen (secondary N) is 1. The van der Waals surface area contributed by atoms with Crippen molar-refractivity contribution in [3.8, 4) is 11.8 Å². The predicted octanol–water partition coefficient (Wildman–Crippen LogP) is 0.335. The van der Waals surface area contributed by atoms with E-state index in [-0.39, 0.29) is 5.75 Å². The van der Waals surface area contributed by atoms with Gasteiger partial charge in [0.15, 0.2) is 0 Å². The van der Waals surface area contributed by atoms with E-state index in [4.69, 9.17) is 15.1 Å². The standard InChI is InChI=1S/C12H17N3O3S/c1-18-12-4-3-10(7-11(12)8-13)9-15-5-2-6-19(14,16)17/h3-4,7,15H,2,5-6,9H2,1H3,(H2,14,16,17). The Morgan fingerprint density at radius 1 is 1.47 bits per heavy atom. The average Bonchev–Trinajstić information content (AvgIpc) is 2.36. The van der Waals surface area contributed by atoms with E-state index in [1.54, 1.807) is 12.1 Å². The summed E-state index contributed by atoms with van der Waals surface area (Å²) in [6.45, 7) is 1.10. The van der Waals surface area contributed by atoms with Crippen molar-refractivity contribution >= 4 is 10.0 Å². The van der Waals surface area contributed by atoms with Crippen LogP contribution >= 0.6 is 0 Å². The van der Waals surface area contributed by atoms with Gasteiger partial charge in [0, 0.05) is 6.54 Å². The molecule has 1 aromatic carbocycles. The minimum atomic E-state index is -3.39. The molecular formula is C12H17N3O3S. The Hall–Kier alpha value is -1.62. The lowest BCUT2D eigenvalue weighted by atomic mass is 10.1. The first-order valence-electron chi connectivity index (χ1n) is 5.74. The normalized spacial score (nSPS) is 11.0. The lowest BCUT2D eigenvalue weighted by Gasteiger charge is -2.07. The van der Waals surface area contributed by atoms with Crippen molar-refractivity contribution in [1.29, 1.82) is 5.26 Å². The third-order valence-corrected chi connectivity index (χ3v) is 3.35. The van der Waals surface area contributed by atoms with E-state index >= 15 is 0 Å². The van der Waals surface area contributed by atoms with Crippen molar-refractivity contribution in [3.63, 3.8) is 0 Å². The molecule has 0 bridgehead atoms. The summed E-state index contributed by atoms with van der Waals surface area (Å²) in [5.41, 5.74) is 1.42. The zero-order valence-corrected chi connectivity index (χ0v) is 11.5. The Balaban J connectivity index is 2.44. The maximum absolute atomic E-state index is 10.7. The van der Waals surface area contributed by atoms with Gasteiger partial charge in [0.05, 0.1) is 18.4 Å². The van der Waals surface area contributed by atoms with Gasteiger partial charge in [-0.1, -0.05) is 6.07 Å². The molecule has 0 heterocycles. The summed E-state index contributed by atoms with van der Waals surface area (Å²) >= 11 is 0. The zero-order chi connectivity index (χ0) is 14.3. The largest absolute Gasteiger partial charge is 0.495 e. The van der Waals surface area contributed by atoms with Crippen LogP contribution in [-0.2, 0) is 16.6 Å². The Morgan fingerprint density at radius 2 is 2.21 bits per heavy atom. The van der Waals surface area contributed by atoms with Gasteiger partial charge >= 0.3 is 0 Å². The molecule has 19 heavy (non-hydrogen) atoms. The highest BCUT2D eigenvalue weighted by Crippen LogP contribution is 2.18. The third-order valence-electron chi connectivity index (χ3n) is 2.50. The molecule has 7 heteroatoms. The van der Waals surface area contributed by atoms with Crippen molar-refractivity contribution in [2.75, 3.05) is 19.4 Å². The Kier molecular flexibility index (Phi) is 5.76. The molecule has 0 aliphatic heterocycles. The van der Waals surface area contributed by atoms with Crippen LogP contribution in [0.2, 0.25) is 0 Å². The smallest absolute Gasteiger partial charge is 0.209 e. The van der Waals surface area contributed by atoms with Crippen LogP contribution in [0.25, 0.3) is 0 Å². The van der Waals surface area contributed by atoms with E-state index in [0.717, 1.165) is 5.56 Å². The summed E-state index contributed by atoms with van der Waals surface area (Å²) in [6.07, 6.45) is 0.458. The van der Waals surface area contributed by atoms with Gasteiger partial charge in [0.25, 0.3) is 0 Å². The molecule has 0 saturated heterocycles. The quantitative estimate of drug-likeness (QED) is 0.702. The van der Waals surface area contributed by atoms with Gasteiger partial charge in [0.2, 0.25) is 10.0 Å². The predicted molar refractivity (Wildman–Crippen MR) is 72.0 cm³/mol. The number of nitrogens with zero attached hydrogens (tertiary/aromatic N) is 1. The molecular weight excluding hydrogens is 266 g/mol. The van der Waals surface area contributed by atoms with Gasteiger partial charge in [-0.05, 0) is 30.7 Å². The van der Waals surface area contributed by atoms with Crippen molar-refractivity contribution in [3.05, 3.63) is 29.3 Å². The van der Waals surface area contributed by atoms with Crippen molar-refractivity contribution in [2.24, 2.45) is 5.14 Å². The summed E-state index contributed by atoms with van der Waals surface area (Å²) in [6, 6.07) is 7.39. The van der Waals surface area contributed by atoms with Gasteiger partial charge in [0.1, 0.15) is 11.8 Å². The molecule has 104 valence electrons. The van der Waals surface area contributed by atoms with Crippen LogP contribution in [0.1, 0.15) is 17.5 Å². The number of methoxy groups -OCH3 is 1. The van der Waals surface area contributed by atoms with Gasteiger partial charge < -0.3 is 10.1 Å². The van der Waals surface area contributed by atoms with Gasteiger partial charge in [-0.2, -0.15) is 5.26 Å². The first kappa shape index (κ1) is 15.4. The molecule has 0 aromatic heterocycles. The molecule has 0 atom stereocenters. The van der Waals surface area contributed by atoms with Gasteiger partial charge in [-0.3, -0.25) is 0 Å². The number of hydrogen-bond donors (Lipinski definition) is 2. The van der Waals surface area contributed by atoms with Gasteiger partial charge in [-0.25, -0.2) is 13.6 Å². The number of hydrogen-bond acceptors (Lipinski definition) is 5. The maximum Gasteiger partial charge on any atom is 0.209 e. The number of nitriles is 1. The lowest BCUT2D eigenvalue weighted by Crippen LogP contribution is -2.22. The Labute approximate surface area is 113 Å². The number of primary sulfonamides is 1. The molecule has 0 amide bonds. The number of sulfonamides is 1. The number of benzene rings is 1. The van der Waals surface area contributed by atoms with Gasteiger partial charge in [-0.15, -0.1) is 0 Å². The molecule has 0 aliphatic rings. The summed E-state index contributed by atoms with van der Waals surface area (Å²) < 4.78 is 26.5. The summed E-state index contributed by atoms with van der Waals surface area (Å²) in [4.78, 5) is 0. The molecule has 0 unspecified atom stereocenters. The molecule has 0 radical (unpaired) electrons. The molecule has 3 N–H and O–H groups in total. The Morgan fingerprint density at radius 3 is 2.79 bits per heavy atom. The molecule has 0 spiro atoms. The maximum atomic E-state index is 10.7. The first-order valence-corrected chi connectivity index (χ1v) is 7.46. The van der Waals surface area contributed by atoms with Crippen molar-refractivity contribution in [1.82, 2.24) is 5.32 Å². The van der Waals surface area contributed by atoms with E-state index in [1.807, 2.05) is 6.07 Å². The monoisotopic (exact) mass is 283 g/mol. The highest BCUT2D eigenvalue weighted by atomic mass is 32.2. The zero-order valence-electron chi connectivity index (χ0n) is 10.7. The Bertz CT molecular complexity index is 564. The third kappa shape index (κ3) is 5.70. The molecule has 6 nitrogen and oxygen atoms in total. The minimum absolute atomic E-state index is 0.0357.